The first-order valence-electron chi connectivity index (χ1n) is 7.05. The minimum Gasteiger partial charge on any atom is -0.454 e. The van der Waals surface area contributed by atoms with Crippen molar-refractivity contribution < 1.29 is 14.2 Å². The highest BCUT2D eigenvalue weighted by atomic mass is 19.1. The Labute approximate surface area is 124 Å². The standard InChI is InChI=1S/C17H20FNO2/c1-3-19-12(2)15-8-5-9-16(18)17(15)21-14-7-4-6-13(10-14)11-20/h4-10,12,19-20H,3,11H2,1-2H3. The van der Waals surface area contributed by atoms with Gasteiger partial charge in [-0.3, -0.25) is 0 Å². The van der Waals surface area contributed by atoms with Gasteiger partial charge in [0.2, 0.25) is 0 Å². The Morgan fingerprint density at radius 2 is 2.00 bits per heavy atom. The Morgan fingerprint density at radius 1 is 1.24 bits per heavy atom. The maximum Gasteiger partial charge on any atom is 0.167 e. The molecule has 0 radical (unpaired) electrons. The average Bonchev–Trinajstić information content (AvgIpc) is 2.49. The van der Waals surface area contributed by atoms with E-state index in [1.54, 1.807) is 30.3 Å². The molecule has 21 heavy (non-hydrogen) atoms. The van der Waals surface area contributed by atoms with Crippen molar-refractivity contribution in [3.05, 3.63) is 59.4 Å². The van der Waals surface area contributed by atoms with Crippen LogP contribution >= 0.6 is 0 Å². The molecule has 0 aliphatic rings. The van der Waals surface area contributed by atoms with Crippen molar-refractivity contribution in [2.45, 2.75) is 26.5 Å². The van der Waals surface area contributed by atoms with Gasteiger partial charge in [-0.15, -0.1) is 0 Å². The van der Waals surface area contributed by atoms with E-state index in [1.165, 1.54) is 6.07 Å². The molecule has 2 aromatic rings. The molecular weight excluding hydrogens is 269 g/mol. The summed E-state index contributed by atoms with van der Waals surface area (Å²) in [7, 11) is 0. The maximum atomic E-state index is 14.1. The van der Waals surface area contributed by atoms with Gasteiger partial charge in [-0.25, -0.2) is 4.39 Å². The van der Waals surface area contributed by atoms with Gasteiger partial charge >= 0.3 is 0 Å². The molecule has 2 aromatic carbocycles. The summed E-state index contributed by atoms with van der Waals surface area (Å²) in [4.78, 5) is 0. The molecule has 0 saturated heterocycles. The highest BCUT2D eigenvalue weighted by molar-refractivity contribution is 5.41. The molecule has 1 unspecified atom stereocenters. The zero-order valence-corrected chi connectivity index (χ0v) is 12.3. The highest BCUT2D eigenvalue weighted by Gasteiger charge is 2.15. The molecule has 4 heteroatoms. The Morgan fingerprint density at radius 3 is 2.71 bits per heavy atom. The van der Waals surface area contributed by atoms with Crippen LogP contribution in [-0.2, 0) is 6.61 Å². The molecule has 0 saturated carbocycles. The van der Waals surface area contributed by atoms with Crippen LogP contribution in [0.25, 0.3) is 0 Å². The van der Waals surface area contributed by atoms with Crippen LogP contribution in [0.1, 0.15) is 31.0 Å². The third-order valence-electron chi connectivity index (χ3n) is 3.28. The molecule has 0 fully saturated rings. The van der Waals surface area contributed by atoms with Crippen molar-refractivity contribution >= 4 is 0 Å². The smallest absolute Gasteiger partial charge is 0.167 e. The van der Waals surface area contributed by atoms with Gasteiger partial charge in [-0.1, -0.05) is 31.2 Å². The maximum absolute atomic E-state index is 14.1. The van der Waals surface area contributed by atoms with Crippen LogP contribution < -0.4 is 10.1 Å². The Kier molecular flexibility index (Phi) is 5.31. The Bertz CT molecular complexity index is 601. The van der Waals surface area contributed by atoms with E-state index in [2.05, 4.69) is 5.32 Å². The summed E-state index contributed by atoms with van der Waals surface area (Å²) < 4.78 is 19.8. The summed E-state index contributed by atoms with van der Waals surface area (Å²) >= 11 is 0. The van der Waals surface area contributed by atoms with Crippen molar-refractivity contribution in [3.63, 3.8) is 0 Å². The van der Waals surface area contributed by atoms with Crippen LogP contribution in [0.5, 0.6) is 11.5 Å². The topological polar surface area (TPSA) is 41.5 Å². The second-order valence-electron chi connectivity index (χ2n) is 4.85. The van der Waals surface area contributed by atoms with Crippen molar-refractivity contribution in [1.82, 2.24) is 5.32 Å². The first-order valence-corrected chi connectivity index (χ1v) is 7.05. The monoisotopic (exact) mass is 289 g/mol. The number of rotatable bonds is 6. The van der Waals surface area contributed by atoms with Crippen LogP contribution in [0.2, 0.25) is 0 Å². The molecule has 0 bridgehead atoms. The van der Waals surface area contributed by atoms with E-state index in [4.69, 9.17) is 9.84 Å². The predicted molar refractivity (Wildman–Crippen MR) is 80.9 cm³/mol. The molecular formula is C17H20FNO2. The van der Waals surface area contributed by atoms with Gasteiger partial charge in [0.1, 0.15) is 5.75 Å². The van der Waals surface area contributed by atoms with Gasteiger partial charge in [0, 0.05) is 11.6 Å². The van der Waals surface area contributed by atoms with Crippen molar-refractivity contribution in [2.75, 3.05) is 6.54 Å². The largest absolute Gasteiger partial charge is 0.454 e. The average molecular weight is 289 g/mol. The van der Waals surface area contributed by atoms with Gasteiger partial charge in [-0.2, -0.15) is 0 Å². The van der Waals surface area contributed by atoms with Gasteiger partial charge in [0.15, 0.2) is 11.6 Å². The number of para-hydroxylation sites is 1. The number of halogens is 1. The molecule has 1 atom stereocenters. The Balaban J connectivity index is 2.33. The first-order chi connectivity index (χ1) is 10.2. The first kappa shape index (κ1) is 15.5. The number of ether oxygens (including phenoxy) is 1. The van der Waals surface area contributed by atoms with Crippen LogP contribution in [0.15, 0.2) is 42.5 Å². The van der Waals surface area contributed by atoms with Gasteiger partial charge in [0.05, 0.1) is 6.61 Å². The van der Waals surface area contributed by atoms with E-state index in [1.807, 2.05) is 19.9 Å². The second-order valence-corrected chi connectivity index (χ2v) is 4.85. The lowest BCUT2D eigenvalue weighted by molar-refractivity contribution is 0.281. The molecule has 0 amide bonds. The number of hydrogen-bond donors (Lipinski definition) is 2. The summed E-state index contributed by atoms with van der Waals surface area (Å²) in [6, 6.07) is 11.9. The molecule has 0 heterocycles. The fraction of sp³-hybridized carbons (Fsp3) is 0.294. The fourth-order valence-corrected chi connectivity index (χ4v) is 2.22. The number of aliphatic hydroxyl groups is 1. The van der Waals surface area contributed by atoms with Crippen LogP contribution in [0.3, 0.4) is 0 Å². The van der Waals surface area contributed by atoms with E-state index in [0.29, 0.717) is 5.75 Å². The quantitative estimate of drug-likeness (QED) is 0.850. The second kappa shape index (κ2) is 7.20. The molecule has 0 spiro atoms. The normalized spacial score (nSPS) is 12.2. The number of nitrogens with one attached hydrogen (secondary N) is 1. The summed E-state index contributed by atoms with van der Waals surface area (Å²) in [5.41, 5.74) is 1.50. The third kappa shape index (κ3) is 3.80. The van der Waals surface area contributed by atoms with E-state index in [0.717, 1.165) is 17.7 Å². The lowest BCUT2D eigenvalue weighted by Gasteiger charge is -2.18. The summed E-state index contributed by atoms with van der Waals surface area (Å²) in [6.45, 7) is 4.68. The summed E-state index contributed by atoms with van der Waals surface area (Å²) in [5.74, 6) is 0.337. The van der Waals surface area contributed by atoms with Gasteiger partial charge < -0.3 is 15.2 Å². The summed E-state index contributed by atoms with van der Waals surface area (Å²) in [5, 5.41) is 12.4. The lowest BCUT2D eigenvalue weighted by Crippen LogP contribution is -2.18. The van der Waals surface area contributed by atoms with E-state index >= 15 is 0 Å². The van der Waals surface area contributed by atoms with Crippen LogP contribution in [-0.4, -0.2) is 11.7 Å². The van der Waals surface area contributed by atoms with E-state index in [-0.39, 0.29) is 18.4 Å². The molecule has 0 aliphatic heterocycles. The molecule has 0 aliphatic carbocycles. The zero-order chi connectivity index (χ0) is 15.2. The third-order valence-corrected chi connectivity index (χ3v) is 3.28. The number of benzene rings is 2. The van der Waals surface area contributed by atoms with Crippen molar-refractivity contribution in [1.29, 1.82) is 0 Å². The van der Waals surface area contributed by atoms with Crippen LogP contribution in [0.4, 0.5) is 4.39 Å². The summed E-state index contributed by atoms with van der Waals surface area (Å²) in [6.07, 6.45) is 0. The van der Waals surface area contributed by atoms with Crippen LogP contribution in [0, 0.1) is 5.82 Å². The Hall–Kier alpha value is -1.91. The van der Waals surface area contributed by atoms with E-state index in [9.17, 15) is 4.39 Å². The predicted octanol–water partition coefficient (Wildman–Crippen LogP) is 3.78. The highest BCUT2D eigenvalue weighted by Crippen LogP contribution is 2.32. The van der Waals surface area contributed by atoms with Crippen molar-refractivity contribution in [3.8, 4) is 11.5 Å². The zero-order valence-electron chi connectivity index (χ0n) is 12.3. The lowest BCUT2D eigenvalue weighted by atomic mass is 10.1. The molecule has 112 valence electrons. The minimum atomic E-state index is -0.397. The molecule has 3 nitrogen and oxygen atoms in total. The van der Waals surface area contributed by atoms with Crippen molar-refractivity contribution in [2.24, 2.45) is 0 Å². The SMILES string of the molecule is CCNC(C)c1cccc(F)c1Oc1cccc(CO)c1. The molecule has 0 aromatic heterocycles. The van der Waals surface area contributed by atoms with Gasteiger partial charge in [0.25, 0.3) is 0 Å². The minimum absolute atomic E-state index is 0.0123. The number of aliphatic hydroxyl groups excluding tert-OH is 1. The molecule has 2 rings (SSSR count). The number of hydrogen-bond acceptors (Lipinski definition) is 3. The van der Waals surface area contributed by atoms with Gasteiger partial charge in [-0.05, 0) is 37.2 Å². The fourth-order valence-electron chi connectivity index (χ4n) is 2.22. The van der Waals surface area contributed by atoms with E-state index < -0.39 is 5.82 Å². The molecule has 2 N–H and O–H groups in total.